The highest BCUT2D eigenvalue weighted by Crippen LogP contribution is 2.37. The molecule has 28 heavy (non-hydrogen) atoms. The van der Waals surface area contributed by atoms with Crippen LogP contribution in [0.5, 0.6) is 5.75 Å². The molecule has 3 rings (SSSR count). The van der Waals surface area contributed by atoms with Crippen molar-refractivity contribution >= 4 is 27.5 Å². The van der Waals surface area contributed by atoms with Gasteiger partial charge in [0.05, 0.1) is 18.4 Å². The van der Waals surface area contributed by atoms with Gasteiger partial charge in [-0.15, -0.1) is 0 Å². The predicted octanol–water partition coefficient (Wildman–Crippen LogP) is 5.15. The standard InChI is InChI=1S/C20H20BrF3N2O2/c1-19(2)9-12-4-6-15(17(21)13(12)10-25-19)26-18(27)11-5-7-16(28-3)14(8-11)20(22,23)24/h4-8,25H,9-10H2,1-3H3,(H,26,27). The Labute approximate surface area is 169 Å². The Bertz CT molecular complexity index is 926. The van der Waals surface area contributed by atoms with Crippen LogP contribution in [0.2, 0.25) is 0 Å². The number of methoxy groups -OCH3 is 1. The van der Waals surface area contributed by atoms with Gasteiger partial charge in [0.25, 0.3) is 5.91 Å². The molecule has 0 radical (unpaired) electrons. The van der Waals surface area contributed by atoms with E-state index < -0.39 is 17.6 Å². The Morgan fingerprint density at radius 2 is 1.96 bits per heavy atom. The summed E-state index contributed by atoms with van der Waals surface area (Å²) >= 11 is 3.52. The molecular formula is C20H20BrF3N2O2. The number of hydrogen-bond acceptors (Lipinski definition) is 3. The average molecular weight is 457 g/mol. The summed E-state index contributed by atoms with van der Waals surface area (Å²) in [5.41, 5.74) is 1.60. The second-order valence-corrected chi connectivity index (χ2v) is 8.14. The topological polar surface area (TPSA) is 50.4 Å². The first kappa shape index (κ1) is 20.7. The van der Waals surface area contributed by atoms with Crippen molar-refractivity contribution in [3.63, 3.8) is 0 Å². The number of benzene rings is 2. The molecule has 0 aliphatic carbocycles. The van der Waals surface area contributed by atoms with Crippen LogP contribution >= 0.6 is 15.9 Å². The number of hydrogen-bond donors (Lipinski definition) is 2. The first-order valence-corrected chi connectivity index (χ1v) is 9.43. The van der Waals surface area contributed by atoms with Crippen LogP contribution in [0.15, 0.2) is 34.8 Å². The molecular weight excluding hydrogens is 437 g/mol. The Morgan fingerprint density at radius 1 is 1.25 bits per heavy atom. The fourth-order valence-electron chi connectivity index (χ4n) is 3.25. The third-order valence-corrected chi connectivity index (χ3v) is 5.64. The van der Waals surface area contributed by atoms with Crippen molar-refractivity contribution in [1.82, 2.24) is 5.32 Å². The summed E-state index contributed by atoms with van der Waals surface area (Å²) in [5.74, 6) is -0.953. The predicted molar refractivity (Wildman–Crippen MR) is 105 cm³/mol. The lowest BCUT2D eigenvalue weighted by atomic mass is 9.87. The SMILES string of the molecule is COc1ccc(C(=O)Nc2ccc3c(c2Br)CNC(C)(C)C3)cc1C(F)(F)F. The van der Waals surface area contributed by atoms with Gasteiger partial charge in [-0.05, 0) is 71.6 Å². The molecule has 0 fully saturated rings. The number of halogens is 4. The van der Waals surface area contributed by atoms with Crippen molar-refractivity contribution in [2.45, 2.75) is 38.5 Å². The molecule has 0 atom stereocenters. The molecule has 0 bridgehead atoms. The van der Waals surface area contributed by atoms with Crippen LogP contribution in [-0.4, -0.2) is 18.6 Å². The van der Waals surface area contributed by atoms with E-state index in [0.717, 1.165) is 41.3 Å². The average Bonchev–Trinajstić information content (AvgIpc) is 2.62. The lowest BCUT2D eigenvalue weighted by molar-refractivity contribution is -0.138. The third-order valence-electron chi connectivity index (χ3n) is 4.73. The third kappa shape index (κ3) is 4.17. The monoisotopic (exact) mass is 456 g/mol. The van der Waals surface area contributed by atoms with E-state index in [2.05, 4.69) is 40.4 Å². The van der Waals surface area contributed by atoms with Crippen LogP contribution in [0, 0.1) is 0 Å². The molecule has 0 aromatic heterocycles. The molecule has 1 aliphatic heterocycles. The molecule has 1 aliphatic rings. The summed E-state index contributed by atoms with van der Waals surface area (Å²) < 4.78 is 45.1. The lowest BCUT2D eigenvalue weighted by Crippen LogP contribution is -2.44. The van der Waals surface area contributed by atoms with Crippen LogP contribution in [0.1, 0.15) is 40.9 Å². The van der Waals surface area contributed by atoms with E-state index in [0.29, 0.717) is 12.2 Å². The fourth-order valence-corrected chi connectivity index (χ4v) is 3.87. The molecule has 0 saturated carbocycles. The number of amides is 1. The Hall–Kier alpha value is -2.06. The van der Waals surface area contributed by atoms with Crippen LogP contribution in [-0.2, 0) is 19.1 Å². The van der Waals surface area contributed by atoms with E-state index >= 15 is 0 Å². The number of alkyl halides is 3. The maximum absolute atomic E-state index is 13.2. The van der Waals surface area contributed by atoms with Gasteiger partial charge >= 0.3 is 6.18 Å². The number of anilines is 1. The quantitative estimate of drug-likeness (QED) is 0.670. The zero-order chi connectivity index (χ0) is 20.7. The molecule has 1 amide bonds. The van der Waals surface area contributed by atoms with Crippen molar-refractivity contribution in [3.05, 3.63) is 57.1 Å². The summed E-state index contributed by atoms with van der Waals surface area (Å²) in [6.07, 6.45) is -3.78. The molecule has 8 heteroatoms. The van der Waals surface area contributed by atoms with Gasteiger partial charge in [0.15, 0.2) is 0 Å². The Kier molecular flexibility index (Phi) is 5.46. The minimum atomic E-state index is -4.62. The molecule has 0 unspecified atom stereocenters. The molecule has 150 valence electrons. The second kappa shape index (κ2) is 7.40. The highest BCUT2D eigenvalue weighted by molar-refractivity contribution is 9.10. The molecule has 2 aromatic carbocycles. The number of carbonyl (C=O) groups is 1. The van der Waals surface area contributed by atoms with E-state index in [1.165, 1.54) is 6.07 Å². The van der Waals surface area contributed by atoms with E-state index in [1.807, 2.05) is 6.07 Å². The van der Waals surface area contributed by atoms with Crippen molar-refractivity contribution in [1.29, 1.82) is 0 Å². The van der Waals surface area contributed by atoms with Crippen LogP contribution in [0.25, 0.3) is 0 Å². The fraction of sp³-hybridized carbons (Fsp3) is 0.350. The molecule has 0 saturated heterocycles. The summed E-state index contributed by atoms with van der Waals surface area (Å²) in [6.45, 7) is 4.86. The van der Waals surface area contributed by atoms with E-state index in [9.17, 15) is 18.0 Å². The molecule has 2 aromatic rings. The van der Waals surface area contributed by atoms with Crippen LogP contribution in [0.3, 0.4) is 0 Å². The zero-order valence-electron chi connectivity index (χ0n) is 15.6. The summed E-state index contributed by atoms with van der Waals surface area (Å²) in [5, 5.41) is 6.11. The second-order valence-electron chi connectivity index (χ2n) is 7.35. The number of fused-ring (bicyclic) bond motifs is 1. The first-order chi connectivity index (χ1) is 13.0. The molecule has 1 heterocycles. The van der Waals surface area contributed by atoms with Gasteiger partial charge in [-0.2, -0.15) is 13.2 Å². The van der Waals surface area contributed by atoms with Gasteiger partial charge in [0.1, 0.15) is 5.75 Å². The van der Waals surface area contributed by atoms with Crippen LogP contribution in [0.4, 0.5) is 18.9 Å². The zero-order valence-corrected chi connectivity index (χ0v) is 17.2. The number of rotatable bonds is 3. The van der Waals surface area contributed by atoms with Gasteiger partial charge in [-0.3, -0.25) is 4.79 Å². The van der Waals surface area contributed by atoms with Gasteiger partial charge in [0, 0.05) is 22.1 Å². The lowest BCUT2D eigenvalue weighted by Gasteiger charge is -2.33. The normalized spacial score (nSPS) is 15.7. The van der Waals surface area contributed by atoms with Gasteiger partial charge in [-0.1, -0.05) is 6.07 Å². The minimum Gasteiger partial charge on any atom is -0.496 e. The summed E-state index contributed by atoms with van der Waals surface area (Å²) in [7, 11) is 1.16. The van der Waals surface area contributed by atoms with Gasteiger partial charge in [0.2, 0.25) is 0 Å². The number of carbonyl (C=O) groups excluding carboxylic acids is 1. The van der Waals surface area contributed by atoms with Crippen molar-refractivity contribution in [3.8, 4) is 5.75 Å². The number of ether oxygens (including phenoxy) is 1. The summed E-state index contributed by atoms with van der Waals surface area (Å²) in [6, 6.07) is 6.94. The van der Waals surface area contributed by atoms with Gasteiger partial charge < -0.3 is 15.4 Å². The smallest absolute Gasteiger partial charge is 0.419 e. The van der Waals surface area contributed by atoms with E-state index in [1.54, 1.807) is 6.07 Å². The first-order valence-electron chi connectivity index (χ1n) is 8.64. The van der Waals surface area contributed by atoms with Crippen LogP contribution < -0.4 is 15.4 Å². The summed E-state index contributed by atoms with van der Waals surface area (Å²) in [4.78, 5) is 12.6. The van der Waals surface area contributed by atoms with E-state index in [-0.39, 0.29) is 16.9 Å². The molecule has 2 N–H and O–H groups in total. The Morgan fingerprint density at radius 3 is 2.61 bits per heavy atom. The maximum atomic E-state index is 13.2. The van der Waals surface area contributed by atoms with Crippen molar-refractivity contribution < 1.29 is 22.7 Å². The largest absolute Gasteiger partial charge is 0.496 e. The molecule has 4 nitrogen and oxygen atoms in total. The molecule has 0 spiro atoms. The minimum absolute atomic E-state index is 0.0195. The van der Waals surface area contributed by atoms with Crippen molar-refractivity contribution in [2.75, 3.05) is 12.4 Å². The van der Waals surface area contributed by atoms with Gasteiger partial charge in [-0.25, -0.2) is 0 Å². The number of nitrogens with one attached hydrogen (secondary N) is 2. The highest BCUT2D eigenvalue weighted by Gasteiger charge is 2.35. The van der Waals surface area contributed by atoms with E-state index in [4.69, 9.17) is 4.74 Å². The maximum Gasteiger partial charge on any atom is 0.419 e. The van der Waals surface area contributed by atoms with Crippen molar-refractivity contribution in [2.24, 2.45) is 0 Å². The Balaban J connectivity index is 1.88. The highest BCUT2D eigenvalue weighted by atomic mass is 79.9.